The molecule has 2 saturated heterocycles. The molecule has 1 aromatic rings. The first kappa shape index (κ1) is 15.6. The molecular formula is C16H20F4N2. The molecule has 0 radical (unpaired) electrons. The summed E-state index contributed by atoms with van der Waals surface area (Å²) in [5.41, 5.74) is 0.683. The van der Waals surface area contributed by atoms with Gasteiger partial charge in [-0.2, -0.15) is 0 Å². The molecule has 0 unspecified atom stereocenters. The van der Waals surface area contributed by atoms with E-state index in [2.05, 4.69) is 4.90 Å². The lowest BCUT2D eigenvalue weighted by Gasteiger charge is -2.42. The molecule has 1 aromatic carbocycles. The van der Waals surface area contributed by atoms with Gasteiger partial charge >= 0.3 is 0 Å². The third-order valence-corrected chi connectivity index (χ3v) is 4.78. The highest BCUT2D eigenvalue weighted by Gasteiger charge is 2.36. The molecule has 22 heavy (non-hydrogen) atoms. The molecule has 2 aliphatic heterocycles. The van der Waals surface area contributed by atoms with Gasteiger partial charge in [-0.15, -0.1) is 0 Å². The molecule has 2 nitrogen and oxygen atoms in total. The van der Waals surface area contributed by atoms with Crippen LogP contribution < -0.4 is 4.90 Å². The third kappa shape index (κ3) is 3.37. The highest BCUT2D eigenvalue weighted by Crippen LogP contribution is 2.31. The Balaban J connectivity index is 1.55. The van der Waals surface area contributed by atoms with Gasteiger partial charge in [0.15, 0.2) is 11.6 Å². The van der Waals surface area contributed by atoms with E-state index in [4.69, 9.17) is 0 Å². The van der Waals surface area contributed by atoms with Gasteiger partial charge in [-0.05, 0) is 25.0 Å². The van der Waals surface area contributed by atoms with Crippen molar-refractivity contribution >= 4 is 5.69 Å². The summed E-state index contributed by atoms with van der Waals surface area (Å²) in [5, 5.41) is 0. The molecule has 2 fully saturated rings. The van der Waals surface area contributed by atoms with Crippen LogP contribution >= 0.6 is 0 Å². The zero-order chi connectivity index (χ0) is 15.7. The van der Waals surface area contributed by atoms with Crippen molar-refractivity contribution in [3.05, 3.63) is 29.8 Å². The molecule has 3 rings (SSSR count). The summed E-state index contributed by atoms with van der Waals surface area (Å²) >= 11 is 0. The summed E-state index contributed by atoms with van der Waals surface area (Å²) in [6.45, 7) is 2.37. The number of likely N-dealkylation sites (tertiary alicyclic amines) is 1. The zero-order valence-electron chi connectivity index (χ0n) is 12.4. The van der Waals surface area contributed by atoms with Crippen LogP contribution in [0.1, 0.15) is 25.7 Å². The molecule has 6 heteroatoms. The van der Waals surface area contributed by atoms with Gasteiger partial charge in [-0.3, -0.25) is 4.90 Å². The number of rotatable bonds is 2. The van der Waals surface area contributed by atoms with Gasteiger partial charge in [-0.1, -0.05) is 0 Å². The molecule has 0 aromatic heterocycles. The van der Waals surface area contributed by atoms with Crippen molar-refractivity contribution in [2.24, 2.45) is 0 Å². The first-order valence-corrected chi connectivity index (χ1v) is 7.76. The monoisotopic (exact) mass is 316 g/mol. The molecule has 0 atom stereocenters. The van der Waals surface area contributed by atoms with Gasteiger partial charge < -0.3 is 4.90 Å². The summed E-state index contributed by atoms with van der Waals surface area (Å²) in [6.07, 6.45) is 1.61. The van der Waals surface area contributed by atoms with E-state index >= 15 is 0 Å². The number of nitrogens with zero attached hydrogens (tertiary/aromatic N) is 2. The van der Waals surface area contributed by atoms with Crippen LogP contribution in [-0.4, -0.2) is 43.0 Å². The van der Waals surface area contributed by atoms with Crippen LogP contribution in [0.5, 0.6) is 0 Å². The number of halogens is 4. The number of hydrogen-bond donors (Lipinski definition) is 0. The second-order valence-electron chi connectivity index (χ2n) is 6.21. The Labute approximate surface area is 127 Å². The Morgan fingerprint density at radius 2 is 1.55 bits per heavy atom. The maximum atomic E-state index is 13.3. The van der Waals surface area contributed by atoms with Gasteiger partial charge in [0.2, 0.25) is 0 Å². The summed E-state index contributed by atoms with van der Waals surface area (Å²) in [5.74, 6) is -4.19. The number of hydrogen-bond acceptors (Lipinski definition) is 2. The average molecular weight is 316 g/mol. The van der Waals surface area contributed by atoms with E-state index < -0.39 is 17.6 Å². The fraction of sp³-hybridized carbons (Fsp3) is 0.625. The topological polar surface area (TPSA) is 6.48 Å². The largest absolute Gasteiger partial charge is 0.371 e. The van der Waals surface area contributed by atoms with Gasteiger partial charge in [0.05, 0.1) is 0 Å². The molecule has 0 amide bonds. The summed E-state index contributed by atoms with van der Waals surface area (Å²) in [4.78, 5) is 4.18. The van der Waals surface area contributed by atoms with Crippen molar-refractivity contribution in [3.63, 3.8) is 0 Å². The lowest BCUT2D eigenvalue weighted by molar-refractivity contribution is -0.0646. The van der Waals surface area contributed by atoms with E-state index in [-0.39, 0.29) is 12.8 Å². The summed E-state index contributed by atoms with van der Waals surface area (Å²) in [7, 11) is 0. The molecule has 0 spiro atoms. The quantitative estimate of drug-likeness (QED) is 0.768. The van der Waals surface area contributed by atoms with E-state index in [9.17, 15) is 17.6 Å². The number of benzene rings is 1. The predicted molar refractivity (Wildman–Crippen MR) is 77.3 cm³/mol. The maximum absolute atomic E-state index is 13.3. The van der Waals surface area contributed by atoms with Crippen LogP contribution in [0, 0.1) is 11.6 Å². The third-order valence-electron chi connectivity index (χ3n) is 4.78. The lowest BCUT2D eigenvalue weighted by atomic mass is 9.98. The fourth-order valence-electron chi connectivity index (χ4n) is 3.39. The Morgan fingerprint density at radius 3 is 2.14 bits per heavy atom. The SMILES string of the molecule is Fc1ccc(N2CCC(N3CCC(F)(F)CC3)CC2)cc1F. The standard InChI is InChI=1S/C16H20F4N2/c17-14-2-1-13(11-15(14)18)21-7-3-12(4-8-21)22-9-5-16(19,20)6-10-22/h1-2,11-12H,3-10H2. The van der Waals surface area contributed by atoms with Crippen molar-refractivity contribution in [1.29, 1.82) is 0 Å². The van der Waals surface area contributed by atoms with Gasteiger partial charge in [0, 0.05) is 56.8 Å². The Hall–Kier alpha value is -1.30. The van der Waals surface area contributed by atoms with Crippen molar-refractivity contribution in [3.8, 4) is 0 Å². The fourth-order valence-corrected chi connectivity index (χ4v) is 3.39. The van der Waals surface area contributed by atoms with Crippen molar-refractivity contribution in [1.82, 2.24) is 4.90 Å². The number of piperidine rings is 2. The smallest absolute Gasteiger partial charge is 0.250 e. The minimum Gasteiger partial charge on any atom is -0.371 e. The van der Waals surface area contributed by atoms with Crippen molar-refractivity contribution < 1.29 is 17.6 Å². The van der Waals surface area contributed by atoms with E-state index in [1.165, 1.54) is 6.07 Å². The first-order chi connectivity index (χ1) is 10.4. The second-order valence-corrected chi connectivity index (χ2v) is 6.21. The minimum absolute atomic E-state index is 0.0591. The Bertz CT molecular complexity index is 517. The normalized spacial score (nSPS) is 23.7. The van der Waals surface area contributed by atoms with Crippen LogP contribution in [0.2, 0.25) is 0 Å². The van der Waals surface area contributed by atoms with Crippen LogP contribution in [0.3, 0.4) is 0 Å². The van der Waals surface area contributed by atoms with Crippen LogP contribution in [0.15, 0.2) is 18.2 Å². The van der Waals surface area contributed by atoms with E-state index in [0.717, 1.165) is 32.0 Å². The van der Waals surface area contributed by atoms with Gasteiger partial charge in [0.1, 0.15) is 0 Å². The lowest BCUT2D eigenvalue weighted by Crippen LogP contribution is -2.49. The number of anilines is 1. The van der Waals surface area contributed by atoms with E-state index in [1.54, 1.807) is 6.07 Å². The Kier molecular flexibility index (Phi) is 4.30. The molecule has 0 saturated carbocycles. The Morgan fingerprint density at radius 1 is 0.909 bits per heavy atom. The zero-order valence-corrected chi connectivity index (χ0v) is 12.4. The van der Waals surface area contributed by atoms with Crippen molar-refractivity contribution in [2.45, 2.75) is 37.6 Å². The van der Waals surface area contributed by atoms with Gasteiger partial charge in [-0.25, -0.2) is 17.6 Å². The van der Waals surface area contributed by atoms with Crippen molar-refractivity contribution in [2.75, 3.05) is 31.1 Å². The molecule has 122 valence electrons. The van der Waals surface area contributed by atoms with Gasteiger partial charge in [0.25, 0.3) is 5.92 Å². The summed E-state index contributed by atoms with van der Waals surface area (Å²) in [6, 6.07) is 4.26. The molecular weight excluding hydrogens is 296 g/mol. The summed E-state index contributed by atoms with van der Waals surface area (Å²) < 4.78 is 52.7. The molecule has 0 bridgehead atoms. The average Bonchev–Trinajstić information content (AvgIpc) is 2.50. The number of alkyl halides is 2. The van der Waals surface area contributed by atoms with Crippen LogP contribution in [0.25, 0.3) is 0 Å². The molecule has 0 aliphatic carbocycles. The van der Waals surface area contributed by atoms with Crippen LogP contribution in [0.4, 0.5) is 23.2 Å². The molecule has 2 heterocycles. The van der Waals surface area contributed by atoms with E-state index in [1.807, 2.05) is 4.90 Å². The molecule has 2 aliphatic rings. The highest BCUT2D eigenvalue weighted by atomic mass is 19.3. The predicted octanol–water partition coefficient (Wildman–Crippen LogP) is 3.66. The second kappa shape index (κ2) is 6.07. The first-order valence-electron chi connectivity index (χ1n) is 7.76. The van der Waals surface area contributed by atoms with Crippen LogP contribution in [-0.2, 0) is 0 Å². The molecule has 0 N–H and O–H groups in total. The minimum atomic E-state index is -2.51. The van der Waals surface area contributed by atoms with E-state index in [0.29, 0.717) is 24.8 Å². The highest BCUT2D eigenvalue weighted by molar-refractivity contribution is 5.47. The maximum Gasteiger partial charge on any atom is 0.250 e.